The summed E-state index contributed by atoms with van der Waals surface area (Å²) in [7, 11) is 0. The second kappa shape index (κ2) is 9.86. The van der Waals surface area contributed by atoms with Crippen molar-refractivity contribution in [3.05, 3.63) is 87.8 Å². The Labute approximate surface area is 183 Å². The van der Waals surface area contributed by atoms with Crippen molar-refractivity contribution in [2.24, 2.45) is 0 Å². The zero-order valence-electron chi connectivity index (χ0n) is 17.9. The van der Waals surface area contributed by atoms with Gasteiger partial charge in [-0.3, -0.25) is 4.79 Å². The number of ether oxygens (including phenoxy) is 1. The zero-order valence-corrected chi connectivity index (χ0v) is 18.6. The van der Waals surface area contributed by atoms with E-state index in [1.54, 1.807) is 12.1 Å². The van der Waals surface area contributed by atoms with E-state index in [1.807, 2.05) is 56.3 Å². The molecular formula is C25H28ClNO3. The number of carbonyl (C=O) groups is 1. The van der Waals surface area contributed by atoms with E-state index in [4.69, 9.17) is 20.8 Å². The van der Waals surface area contributed by atoms with Gasteiger partial charge in [-0.15, -0.1) is 0 Å². The second-order valence-corrected chi connectivity index (χ2v) is 8.10. The van der Waals surface area contributed by atoms with Crippen molar-refractivity contribution in [2.45, 2.75) is 52.7 Å². The Hall–Kier alpha value is -2.72. The van der Waals surface area contributed by atoms with Gasteiger partial charge in [0.1, 0.15) is 18.1 Å². The molecule has 158 valence electrons. The van der Waals surface area contributed by atoms with Gasteiger partial charge in [-0.25, -0.2) is 0 Å². The first-order chi connectivity index (χ1) is 14.4. The van der Waals surface area contributed by atoms with E-state index < -0.39 is 0 Å². The molecule has 0 aliphatic heterocycles. The van der Waals surface area contributed by atoms with Crippen LogP contribution in [0.5, 0.6) is 5.75 Å². The third kappa shape index (κ3) is 5.25. The summed E-state index contributed by atoms with van der Waals surface area (Å²) in [5.41, 5.74) is 3.08. The molecule has 0 radical (unpaired) electrons. The van der Waals surface area contributed by atoms with Crippen LogP contribution in [0.4, 0.5) is 0 Å². The Balaban J connectivity index is 1.67. The number of hydrogen-bond donors (Lipinski definition) is 1. The van der Waals surface area contributed by atoms with E-state index in [9.17, 15) is 4.79 Å². The first kappa shape index (κ1) is 22.0. The highest BCUT2D eigenvalue weighted by Gasteiger charge is 2.18. The first-order valence-corrected chi connectivity index (χ1v) is 10.6. The van der Waals surface area contributed by atoms with E-state index in [1.165, 1.54) is 0 Å². The summed E-state index contributed by atoms with van der Waals surface area (Å²) < 4.78 is 11.7. The monoisotopic (exact) mass is 425 g/mol. The van der Waals surface area contributed by atoms with Crippen molar-refractivity contribution < 1.29 is 13.9 Å². The van der Waals surface area contributed by atoms with Crippen molar-refractivity contribution in [1.82, 2.24) is 5.32 Å². The van der Waals surface area contributed by atoms with Crippen LogP contribution >= 0.6 is 11.6 Å². The van der Waals surface area contributed by atoms with E-state index in [2.05, 4.69) is 19.2 Å². The summed E-state index contributed by atoms with van der Waals surface area (Å²) in [6, 6.07) is 17.2. The van der Waals surface area contributed by atoms with Crippen molar-refractivity contribution in [3.63, 3.8) is 0 Å². The van der Waals surface area contributed by atoms with Crippen LogP contribution in [0, 0.1) is 6.92 Å². The number of carbonyl (C=O) groups excluding carboxylic acids is 1. The van der Waals surface area contributed by atoms with Gasteiger partial charge < -0.3 is 14.5 Å². The predicted molar refractivity (Wildman–Crippen MR) is 120 cm³/mol. The summed E-state index contributed by atoms with van der Waals surface area (Å²) in [5.74, 6) is 1.70. The Morgan fingerprint density at radius 2 is 1.87 bits per heavy atom. The second-order valence-electron chi connectivity index (χ2n) is 7.69. The molecule has 0 aliphatic carbocycles. The van der Waals surface area contributed by atoms with Crippen molar-refractivity contribution in [3.8, 4) is 5.75 Å². The van der Waals surface area contributed by atoms with Gasteiger partial charge in [-0.2, -0.15) is 0 Å². The first-order valence-electron chi connectivity index (χ1n) is 10.3. The fraction of sp³-hybridized carbons (Fsp3) is 0.320. The summed E-state index contributed by atoms with van der Waals surface area (Å²) in [6.07, 6.45) is 0.792. The van der Waals surface area contributed by atoms with E-state index >= 15 is 0 Å². The summed E-state index contributed by atoms with van der Waals surface area (Å²) >= 11 is 6.26. The maximum Gasteiger partial charge on any atom is 0.287 e. The molecule has 1 aromatic heterocycles. The van der Waals surface area contributed by atoms with Gasteiger partial charge in [0.05, 0.1) is 6.04 Å². The van der Waals surface area contributed by atoms with Crippen molar-refractivity contribution in [2.75, 3.05) is 0 Å². The van der Waals surface area contributed by atoms with Gasteiger partial charge in [-0.05, 0) is 60.2 Å². The highest BCUT2D eigenvalue weighted by Crippen LogP contribution is 2.32. The van der Waals surface area contributed by atoms with Crippen LogP contribution in [0.3, 0.4) is 0 Å². The summed E-state index contributed by atoms with van der Waals surface area (Å²) in [6.45, 7) is 8.43. The van der Waals surface area contributed by atoms with Crippen LogP contribution in [0.15, 0.2) is 59.0 Å². The lowest BCUT2D eigenvalue weighted by Crippen LogP contribution is -2.27. The number of benzene rings is 2. The van der Waals surface area contributed by atoms with Gasteiger partial charge in [0.15, 0.2) is 5.76 Å². The van der Waals surface area contributed by atoms with E-state index in [0.29, 0.717) is 5.76 Å². The molecule has 1 heterocycles. The molecule has 0 saturated carbocycles. The Morgan fingerprint density at radius 1 is 1.13 bits per heavy atom. The number of furan rings is 1. The molecule has 0 saturated heterocycles. The number of aryl methyl sites for hydroxylation is 1. The molecule has 1 unspecified atom stereocenters. The molecule has 1 amide bonds. The molecule has 0 fully saturated rings. The largest absolute Gasteiger partial charge is 0.485 e. The standard InChI is InChI=1S/C25H28ClNO3/c1-5-22(18-9-7-6-8-10-18)27-25(28)23-12-11-19(30-23)15-29-24-13-17(4)21(26)14-20(24)16(2)3/h6-14,16,22H,5,15H2,1-4H3,(H,27,28). The lowest BCUT2D eigenvalue weighted by atomic mass is 10.0. The minimum Gasteiger partial charge on any atom is -0.485 e. The average molecular weight is 426 g/mol. The molecule has 3 aromatic rings. The molecule has 5 heteroatoms. The minimum absolute atomic E-state index is 0.0610. The highest BCUT2D eigenvalue weighted by molar-refractivity contribution is 6.31. The summed E-state index contributed by atoms with van der Waals surface area (Å²) in [5, 5.41) is 3.76. The lowest BCUT2D eigenvalue weighted by molar-refractivity contribution is 0.0903. The SMILES string of the molecule is CCC(NC(=O)c1ccc(COc2cc(C)c(Cl)cc2C(C)C)o1)c1ccccc1. The molecule has 4 nitrogen and oxygen atoms in total. The van der Waals surface area contributed by atoms with Crippen LogP contribution in [0.2, 0.25) is 5.02 Å². The molecule has 1 N–H and O–H groups in total. The molecule has 2 aromatic carbocycles. The van der Waals surface area contributed by atoms with Crippen LogP contribution in [-0.2, 0) is 6.61 Å². The van der Waals surface area contributed by atoms with Crippen molar-refractivity contribution >= 4 is 17.5 Å². The van der Waals surface area contributed by atoms with Gasteiger partial charge >= 0.3 is 0 Å². The van der Waals surface area contributed by atoms with Crippen LogP contribution in [0.25, 0.3) is 0 Å². The average Bonchev–Trinajstić information content (AvgIpc) is 3.22. The molecule has 30 heavy (non-hydrogen) atoms. The minimum atomic E-state index is -0.234. The molecule has 0 spiro atoms. The van der Waals surface area contributed by atoms with E-state index in [0.717, 1.165) is 33.9 Å². The Kier molecular flexibility index (Phi) is 7.22. The molecule has 0 bridgehead atoms. The third-order valence-corrected chi connectivity index (χ3v) is 5.49. The maximum atomic E-state index is 12.6. The predicted octanol–water partition coefficient (Wildman–Crippen LogP) is 6.82. The number of nitrogens with one attached hydrogen (secondary N) is 1. The van der Waals surface area contributed by atoms with Gasteiger partial charge in [-0.1, -0.05) is 62.7 Å². The number of rotatable bonds is 8. The van der Waals surface area contributed by atoms with E-state index in [-0.39, 0.29) is 30.2 Å². The fourth-order valence-electron chi connectivity index (χ4n) is 3.31. The van der Waals surface area contributed by atoms with Gasteiger partial charge in [0.25, 0.3) is 5.91 Å². The molecule has 3 rings (SSSR count). The van der Waals surface area contributed by atoms with Gasteiger partial charge in [0.2, 0.25) is 0 Å². The molecular weight excluding hydrogens is 398 g/mol. The molecule has 1 atom stereocenters. The maximum absolute atomic E-state index is 12.6. The van der Waals surface area contributed by atoms with Crippen LogP contribution < -0.4 is 10.1 Å². The highest BCUT2D eigenvalue weighted by atomic mass is 35.5. The lowest BCUT2D eigenvalue weighted by Gasteiger charge is -2.16. The quantitative estimate of drug-likeness (QED) is 0.430. The topological polar surface area (TPSA) is 51.5 Å². The normalized spacial score (nSPS) is 12.1. The molecule has 0 aliphatic rings. The smallest absolute Gasteiger partial charge is 0.287 e. The Morgan fingerprint density at radius 3 is 2.53 bits per heavy atom. The van der Waals surface area contributed by atoms with Crippen LogP contribution in [0.1, 0.15) is 72.2 Å². The van der Waals surface area contributed by atoms with Gasteiger partial charge in [0, 0.05) is 5.02 Å². The number of hydrogen-bond acceptors (Lipinski definition) is 3. The van der Waals surface area contributed by atoms with Crippen LogP contribution in [-0.4, -0.2) is 5.91 Å². The Bertz CT molecular complexity index is 995. The number of amides is 1. The number of halogens is 1. The summed E-state index contributed by atoms with van der Waals surface area (Å²) in [4.78, 5) is 12.6. The van der Waals surface area contributed by atoms with Crippen molar-refractivity contribution in [1.29, 1.82) is 0 Å². The zero-order chi connectivity index (χ0) is 21.7. The third-order valence-electron chi connectivity index (χ3n) is 5.08. The fourth-order valence-corrected chi connectivity index (χ4v) is 3.48.